The number of hydrogen-bond acceptors (Lipinski definition) is 3. The van der Waals surface area contributed by atoms with E-state index in [0.717, 1.165) is 32.0 Å². The molecule has 0 heterocycles. The van der Waals surface area contributed by atoms with Gasteiger partial charge in [-0.1, -0.05) is 34.1 Å². The number of hydrogen-bond donors (Lipinski definition) is 1. The van der Waals surface area contributed by atoms with Gasteiger partial charge in [-0.05, 0) is 49.8 Å². The molecule has 1 aromatic rings. The Morgan fingerprint density at radius 2 is 2.05 bits per heavy atom. The Bertz CT molecular complexity index is 410. The standard InChI is InChI=1S/C17H26BrNO2/c1-20-10-11-21-9-8-14(13-19-16-6-7-16)12-15-4-2-3-5-17(15)18/h2-5,14,16,19H,6-13H2,1H3. The second kappa shape index (κ2) is 9.57. The minimum absolute atomic E-state index is 0.617. The molecule has 1 aliphatic rings. The predicted octanol–water partition coefficient (Wildman–Crippen LogP) is 3.41. The lowest BCUT2D eigenvalue weighted by Gasteiger charge is -2.18. The van der Waals surface area contributed by atoms with Gasteiger partial charge in [0.1, 0.15) is 0 Å². The summed E-state index contributed by atoms with van der Waals surface area (Å²) in [6.07, 6.45) is 4.86. The van der Waals surface area contributed by atoms with Crippen molar-refractivity contribution in [2.24, 2.45) is 5.92 Å². The molecule has 0 aromatic heterocycles. The fraction of sp³-hybridized carbons (Fsp3) is 0.647. The minimum Gasteiger partial charge on any atom is -0.382 e. The lowest BCUT2D eigenvalue weighted by Crippen LogP contribution is -2.27. The van der Waals surface area contributed by atoms with Crippen molar-refractivity contribution >= 4 is 15.9 Å². The fourth-order valence-electron chi connectivity index (χ4n) is 2.37. The molecule has 1 unspecified atom stereocenters. The molecule has 0 amide bonds. The van der Waals surface area contributed by atoms with Crippen LogP contribution in [0.2, 0.25) is 0 Å². The third-order valence-electron chi connectivity index (χ3n) is 3.84. The van der Waals surface area contributed by atoms with Gasteiger partial charge in [0.2, 0.25) is 0 Å². The molecule has 2 rings (SSSR count). The molecule has 0 aliphatic heterocycles. The molecule has 4 heteroatoms. The fourth-order valence-corrected chi connectivity index (χ4v) is 2.81. The van der Waals surface area contributed by atoms with E-state index in [1.165, 1.54) is 22.9 Å². The first-order valence-corrected chi connectivity index (χ1v) is 8.62. The Hall–Kier alpha value is -0.420. The van der Waals surface area contributed by atoms with Crippen LogP contribution in [0.1, 0.15) is 24.8 Å². The highest BCUT2D eigenvalue weighted by atomic mass is 79.9. The van der Waals surface area contributed by atoms with Crippen LogP contribution in [-0.4, -0.2) is 39.5 Å². The third kappa shape index (κ3) is 6.92. The number of methoxy groups -OCH3 is 1. The van der Waals surface area contributed by atoms with Crippen molar-refractivity contribution in [1.82, 2.24) is 5.32 Å². The van der Waals surface area contributed by atoms with Crippen LogP contribution < -0.4 is 5.32 Å². The molecular weight excluding hydrogens is 330 g/mol. The molecule has 3 nitrogen and oxygen atoms in total. The van der Waals surface area contributed by atoms with Gasteiger partial charge in [-0.15, -0.1) is 0 Å². The zero-order chi connectivity index (χ0) is 14.9. The molecule has 1 aliphatic carbocycles. The van der Waals surface area contributed by atoms with E-state index in [9.17, 15) is 0 Å². The molecule has 21 heavy (non-hydrogen) atoms. The first-order valence-electron chi connectivity index (χ1n) is 7.83. The van der Waals surface area contributed by atoms with Gasteiger partial charge in [0.25, 0.3) is 0 Å². The Morgan fingerprint density at radius 1 is 1.24 bits per heavy atom. The predicted molar refractivity (Wildman–Crippen MR) is 89.7 cm³/mol. The van der Waals surface area contributed by atoms with E-state index in [0.29, 0.717) is 19.1 Å². The van der Waals surface area contributed by atoms with Gasteiger partial charge in [-0.3, -0.25) is 0 Å². The van der Waals surface area contributed by atoms with E-state index < -0.39 is 0 Å². The molecule has 1 fully saturated rings. The quantitative estimate of drug-likeness (QED) is 0.617. The Kier molecular flexibility index (Phi) is 7.72. The summed E-state index contributed by atoms with van der Waals surface area (Å²) in [6.45, 7) is 3.26. The summed E-state index contributed by atoms with van der Waals surface area (Å²) in [5.41, 5.74) is 1.39. The van der Waals surface area contributed by atoms with Crippen LogP contribution in [0.25, 0.3) is 0 Å². The van der Waals surface area contributed by atoms with E-state index >= 15 is 0 Å². The van der Waals surface area contributed by atoms with E-state index in [-0.39, 0.29) is 0 Å². The third-order valence-corrected chi connectivity index (χ3v) is 4.61. The van der Waals surface area contributed by atoms with Crippen LogP contribution in [-0.2, 0) is 15.9 Å². The lowest BCUT2D eigenvalue weighted by molar-refractivity contribution is 0.0636. The zero-order valence-corrected chi connectivity index (χ0v) is 14.4. The smallest absolute Gasteiger partial charge is 0.0700 e. The average Bonchev–Trinajstić information content (AvgIpc) is 3.30. The van der Waals surface area contributed by atoms with Crippen molar-refractivity contribution in [1.29, 1.82) is 0 Å². The van der Waals surface area contributed by atoms with Gasteiger partial charge in [0, 0.05) is 24.2 Å². The zero-order valence-electron chi connectivity index (χ0n) is 12.8. The van der Waals surface area contributed by atoms with Crippen LogP contribution in [0.3, 0.4) is 0 Å². The Balaban J connectivity index is 1.77. The maximum absolute atomic E-state index is 5.63. The molecule has 0 radical (unpaired) electrons. The van der Waals surface area contributed by atoms with Gasteiger partial charge in [-0.2, -0.15) is 0 Å². The first kappa shape index (κ1) is 16.9. The number of benzene rings is 1. The highest BCUT2D eigenvalue weighted by Gasteiger charge is 2.22. The van der Waals surface area contributed by atoms with Gasteiger partial charge < -0.3 is 14.8 Å². The summed E-state index contributed by atoms with van der Waals surface area (Å²) in [5.74, 6) is 0.617. The van der Waals surface area contributed by atoms with E-state index in [1.807, 2.05) is 0 Å². The summed E-state index contributed by atoms with van der Waals surface area (Å²) >= 11 is 3.65. The normalized spacial score (nSPS) is 16.1. The molecule has 1 atom stereocenters. The number of ether oxygens (including phenoxy) is 2. The van der Waals surface area contributed by atoms with Crippen LogP contribution in [0.5, 0.6) is 0 Å². The number of nitrogens with one attached hydrogen (secondary N) is 1. The molecular formula is C17H26BrNO2. The second-order valence-electron chi connectivity index (χ2n) is 5.74. The van der Waals surface area contributed by atoms with Gasteiger partial charge >= 0.3 is 0 Å². The van der Waals surface area contributed by atoms with E-state index in [4.69, 9.17) is 9.47 Å². The van der Waals surface area contributed by atoms with Crippen LogP contribution in [0, 0.1) is 5.92 Å². The molecule has 118 valence electrons. The Morgan fingerprint density at radius 3 is 2.76 bits per heavy atom. The summed E-state index contributed by atoms with van der Waals surface area (Å²) in [5, 5.41) is 3.65. The molecule has 0 saturated heterocycles. The molecule has 0 spiro atoms. The van der Waals surface area contributed by atoms with Crippen LogP contribution >= 0.6 is 15.9 Å². The van der Waals surface area contributed by atoms with Crippen molar-refractivity contribution in [2.75, 3.05) is 33.5 Å². The average molecular weight is 356 g/mol. The molecule has 0 bridgehead atoms. The van der Waals surface area contributed by atoms with Crippen molar-refractivity contribution in [2.45, 2.75) is 31.7 Å². The van der Waals surface area contributed by atoms with Crippen LogP contribution in [0.4, 0.5) is 0 Å². The SMILES string of the molecule is COCCOCCC(CNC1CC1)Cc1ccccc1Br. The maximum atomic E-state index is 5.63. The number of rotatable bonds is 11. The summed E-state index contributed by atoms with van der Waals surface area (Å²) in [4.78, 5) is 0. The van der Waals surface area contributed by atoms with Crippen molar-refractivity contribution in [3.05, 3.63) is 34.3 Å². The van der Waals surface area contributed by atoms with Crippen molar-refractivity contribution in [3.8, 4) is 0 Å². The number of halogens is 1. The van der Waals surface area contributed by atoms with Crippen LogP contribution in [0.15, 0.2) is 28.7 Å². The lowest BCUT2D eigenvalue weighted by atomic mass is 9.96. The molecule has 1 aromatic carbocycles. The summed E-state index contributed by atoms with van der Waals surface area (Å²) in [6, 6.07) is 9.27. The summed E-state index contributed by atoms with van der Waals surface area (Å²) in [7, 11) is 1.71. The second-order valence-corrected chi connectivity index (χ2v) is 6.59. The Labute approximate surface area is 136 Å². The highest BCUT2D eigenvalue weighted by Crippen LogP contribution is 2.23. The van der Waals surface area contributed by atoms with Gasteiger partial charge in [-0.25, -0.2) is 0 Å². The molecule has 1 N–H and O–H groups in total. The largest absolute Gasteiger partial charge is 0.382 e. The molecule has 1 saturated carbocycles. The minimum atomic E-state index is 0.617. The maximum Gasteiger partial charge on any atom is 0.0700 e. The topological polar surface area (TPSA) is 30.5 Å². The summed E-state index contributed by atoms with van der Waals surface area (Å²) < 4.78 is 11.8. The van der Waals surface area contributed by atoms with Crippen molar-refractivity contribution in [3.63, 3.8) is 0 Å². The van der Waals surface area contributed by atoms with Gasteiger partial charge in [0.05, 0.1) is 13.2 Å². The van der Waals surface area contributed by atoms with Gasteiger partial charge in [0.15, 0.2) is 0 Å². The van der Waals surface area contributed by atoms with E-state index in [2.05, 4.69) is 45.5 Å². The highest BCUT2D eigenvalue weighted by molar-refractivity contribution is 9.10. The van der Waals surface area contributed by atoms with Crippen molar-refractivity contribution < 1.29 is 9.47 Å². The first-order chi connectivity index (χ1) is 10.3. The van der Waals surface area contributed by atoms with E-state index in [1.54, 1.807) is 7.11 Å². The monoisotopic (exact) mass is 355 g/mol.